The average Bonchev–Trinajstić information content (AvgIpc) is 2.66. The lowest BCUT2D eigenvalue weighted by atomic mass is 9.73. The SMILES string of the molecule is C1C2C1C1C2C2CC13CC23. The Morgan fingerprint density at radius 3 is 2.80 bits per heavy atom. The summed E-state index contributed by atoms with van der Waals surface area (Å²) in [6.07, 6.45) is 5.00. The van der Waals surface area contributed by atoms with Crippen molar-refractivity contribution in [3.63, 3.8) is 0 Å². The Hall–Kier alpha value is 0. The minimum atomic E-state index is 1.03. The molecular weight excluding hydrogens is 120 g/mol. The van der Waals surface area contributed by atoms with Gasteiger partial charge in [-0.3, -0.25) is 0 Å². The zero-order valence-electron chi connectivity index (χ0n) is 6.09. The van der Waals surface area contributed by atoms with Crippen LogP contribution in [0.4, 0.5) is 0 Å². The summed E-state index contributed by atoms with van der Waals surface area (Å²) in [4.78, 5) is 0. The molecule has 5 rings (SSSR count). The molecule has 0 radical (unpaired) electrons. The molecule has 52 valence electrons. The van der Waals surface area contributed by atoms with Gasteiger partial charge in [-0.15, -0.1) is 0 Å². The van der Waals surface area contributed by atoms with Gasteiger partial charge in [-0.05, 0) is 60.2 Å². The highest BCUT2D eigenvalue weighted by molar-refractivity contribution is 5.36. The smallest absolute Gasteiger partial charge is 0.0227 e. The summed E-state index contributed by atoms with van der Waals surface area (Å²) in [5.74, 6) is 7.71. The molecule has 0 aromatic heterocycles. The molecule has 0 aromatic carbocycles. The molecule has 10 heavy (non-hydrogen) atoms. The van der Waals surface area contributed by atoms with E-state index in [4.69, 9.17) is 0 Å². The summed E-state index contributed by atoms with van der Waals surface area (Å²) in [6, 6.07) is 0. The number of hydrogen-bond acceptors (Lipinski definition) is 0. The fourth-order valence-corrected chi connectivity index (χ4v) is 5.40. The van der Waals surface area contributed by atoms with E-state index >= 15 is 0 Å². The van der Waals surface area contributed by atoms with E-state index in [0.29, 0.717) is 0 Å². The normalized spacial score (nSPS) is 91.2. The molecule has 5 aliphatic rings. The van der Waals surface area contributed by atoms with Gasteiger partial charge in [0.1, 0.15) is 0 Å². The monoisotopic (exact) mass is 132 g/mol. The van der Waals surface area contributed by atoms with Crippen LogP contribution < -0.4 is 0 Å². The van der Waals surface area contributed by atoms with Crippen molar-refractivity contribution in [3.8, 4) is 0 Å². The predicted octanol–water partition coefficient (Wildman–Crippen LogP) is 1.91. The molecule has 0 aromatic rings. The third-order valence-electron chi connectivity index (χ3n) is 5.73. The van der Waals surface area contributed by atoms with E-state index in [1.807, 2.05) is 0 Å². The van der Waals surface area contributed by atoms with Crippen LogP contribution >= 0.6 is 0 Å². The second-order valence-electron chi connectivity index (χ2n) is 5.58. The fraction of sp³-hybridized carbons (Fsp3) is 1.00. The van der Waals surface area contributed by atoms with Crippen molar-refractivity contribution in [3.05, 3.63) is 0 Å². The molecule has 5 aliphatic carbocycles. The van der Waals surface area contributed by atoms with E-state index in [2.05, 4.69) is 0 Å². The lowest BCUT2D eigenvalue weighted by Gasteiger charge is -2.31. The Balaban J connectivity index is 1.81. The van der Waals surface area contributed by atoms with Gasteiger partial charge in [-0.25, -0.2) is 0 Å². The molecule has 2 bridgehead atoms. The van der Waals surface area contributed by atoms with Gasteiger partial charge in [0.05, 0.1) is 0 Å². The molecule has 0 amide bonds. The van der Waals surface area contributed by atoms with E-state index in [-0.39, 0.29) is 0 Å². The first kappa shape index (κ1) is 4.13. The fourth-order valence-electron chi connectivity index (χ4n) is 5.40. The molecular formula is C10H12. The van der Waals surface area contributed by atoms with Gasteiger partial charge >= 0.3 is 0 Å². The van der Waals surface area contributed by atoms with Crippen LogP contribution in [0.2, 0.25) is 0 Å². The lowest BCUT2D eigenvalue weighted by Crippen LogP contribution is -2.28. The molecule has 0 spiro atoms. The van der Waals surface area contributed by atoms with Crippen LogP contribution in [0.5, 0.6) is 0 Å². The van der Waals surface area contributed by atoms with Crippen LogP contribution in [-0.4, -0.2) is 0 Å². The molecule has 5 saturated carbocycles. The van der Waals surface area contributed by atoms with Crippen molar-refractivity contribution in [2.75, 3.05) is 0 Å². The molecule has 0 aliphatic heterocycles. The van der Waals surface area contributed by atoms with Crippen molar-refractivity contribution < 1.29 is 0 Å². The van der Waals surface area contributed by atoms with Crippen LogP contribution in [0.1, 0.15) is 19.3 Å². The third-order valence-corrected chi connectivity index (χ3v) is 5.73. The zero-order valence-corrected chi connectivity index (χ0v) is 6.09. The van der Waals surface area contributed by atoms with Crippen molar-refractivity contribution in [1.29, 1.82) is 0 Å². The van der Waals surface area contributed by atoms with Crippen LogP contribution in [-0.2, 0) is 0 Å². The van der Waals surface area contributed by atoms with Gasteiger partial charge < -0.3 is 0 Å². The maximum absolute atomic E-state index is 1.68. The molecule has 0 N–H and O–H groups in total. The number of fused-ring (bicyclic) bond motifs is 5. The second-order valence-corrected chi connectivity index (χ2v) is 5.58. The average molecular weight is 132 g/mol. The van der Waals surface area contributed by atoms with Gasteiger partial charge in [0.15, 0.2) is 0 Å². The van der Waals surface area contributed by atoms with Gasteiger partial charge in [0.2, 0.25) is 0 Å². The molecule has 0 nitrogen and oxygen atoms in total. The maximum Gasteiger partial charge on any atom is -0.0227 e. The highest BCUT2D eigenvalue weighted by atomic mass is 14.9. The van der Waals surface area contributed by atoms with Crippen LogP contribution in [0.15, 0.2) is 0 Å². The summed E-state index contributed by atoms with van der Waals surface area (Å²) in [5.41, 5.74) is 1.03. The van der Waals surface area contributed by atoms with E-state index in [9.17, 15) is 0 Å². The quantitative estimate of drug-likeness (QED) is 0.472. The van der Waals surface area contributed by atoms with Crippen molar-refractivity contribution >= 4 is 0 Å². The summed E-state index contributed by atoms with van der Waals surface area (Å²) < 4.78 is 0. The van der Waals surface area contributed by atoms with Crippen molar-refractivity contribution in [2.24, 2.45) is 40.9 Å². The third kappa shape index (κ3) is 0.185. The van der Waals surface area contributed by atoms with Crippen LogP contribution in [0.3, 0.4) is 0 Å². The number of rotatable bonds is 0. The highest BCUT2D eigenvalue weighted by Crippen LogP contribution is 2.94. The first-order chi connectivity index (χ1) is 4.92. The molecule has 5 fully saturated rings. The number of hydrogen-bond donors (Lipinski definition) is 0. The van der Waals surface area contributed by atoms with E-state index < -0.39 is 0 Å². The zero-order chi connectivity index (χ0) is 6.09. The van der Waals surface area contributed by atoms with E-state index in [1.54, 1.807) is 19.3 Å². The summed E-state index contributed by atoms with van der Waals surface area (Å²) in [7, 11) is 0. The van der Waals surface area contributed by atoms with Gasteiger partial charge in [-0.2, -0.15) is 0 Å². The summed E-state index contributed by atoms with van der Waals surface area (Å²) >= 11 is 0. The molecule has 0 heterocycles. The predicted molar refractivity (Wildman–Crippen MR) is 37.2 cm³/mol. The lowest BCUT2D eigenvalue weighted by molar-refractivity contribution is 0.155. The Morgan fingerprint density at radius 2 is 2.00 bits per heavy atom. The Labute approximate surface area is 61.0 Å². The van der Waals surface area contributed by atoms with Crippen LogP contribution in [0.25, 0.3) is 0 Å². The Morgan fingerprint density at radius 1 is 1.00 bits per heavy atom. The van der Waals surface area contributed by atoms with Crippen molar-refractivity contribution in [1.82, 2.24) is 0 Å². The summed E-state index contributed by atoms with van der Waals surface area (Å²) in [5, 5.41) is 0. The molecule has 0 saturated heterocycles. The minimum absolute atomic E-state index is 1.03. The van der Waals surface area contributed by atoms with Gasteiger partial charge in [0.25, 0.3) is 0 Å². The largest absolute Gasteiger partial charge is 0.0465 e. The Kier molecular flexibility index (Phi) is 0.327. The standard InChI is InChI=1S/C10H12/c1-4-5(1)9-8(4)6-2-10(9)3-7(6)10/h4-9H,1-3H2. The molecule has 0 heteroatoms. The van der Waals surface area contributed by atoms with E-state index in [0.717, 1.165) is 5.41 Å². The topological polar surface area (TPSA) is 0 Å². The second kappa shape index (κ2) is 0.790. The molecule has 7 atom stereocenters. The van der Waals surface area contributed by atoms with Gasteiger partial charge in [-0.1, -0.05) is 0 Å². The van der Waals surface area contributed by atoms with Gasteiger partial charge in [0, 0.05) is 0 Å². The van der Waals surface area contributed by atoms with Crippen molar-refractivity contribution in [2.45, 2.75) is 19.3 Å². The highest BCUT2D eigenvalue weighted by Gasteiger charge is 2.88. The minimum Gasteiger partial charge on any atom is -0.0465 e. The van der Waals surface area contributed by atoms with E-state index in [1.165, 1.54) is 35.5 Å². The Bertz CT molecular complexity index is 257. The van der Waals surface area contributed by atoms with Crippen LogP contribution in [0, 0.1) is 40.9 Å². The maximum atomic E-state index is 1.68. The first-order valence-electron chi connectivity index (χ1n) is 4.92. The first-order valence-corrected chi connectivity index (χ1v) is 4.92. The molecule has 7 unspecified atom stereocenters. The summed E-state index contributed by atoms with van der Waals surface area (Å²) in [6.45, 7) is 0.